The molecule has 1 heterocycles. The van der Waals surface area contributed by atoms with Crippen LogP contribution in [0.4, 0.5) is 0 Å². The van der Waals surface area contributed by atoms with Gasteiger partial charge in [0.1, 0.15) is 18.0 Å². The largest absolute Gasteiger partial charge is 0.454 e. The van der Waals surface area contributed by atoms with Crippen LogP contribution in [-0.2, 0) is 20.7 Å². The molecule has 4 bridgehead atoms. The maximum Gasteiger partial charge on any atom is 0.331 e. The van der Waals surface area contributed by atoms with E-state index >= 15 is 0 Å². The number of benzene rings is 1. The lowest BCUT2D eigenvalue weighted by atomic mass is 9.37. The van der Waals surface area contributed by atoms with E-state index in [4.69, 9.17) is 4.74 Å². The Morgan fingerprint density at radius 2 is 1.86 bits per heavy atom. The Morgan fingerprint density at radius 1 is 1.06 bits per heavy atom. The summed E-state index contributed by atoms with van der Waals surface area (Å²) < 4.78 is 6.13. The molecule has 0 saturated heterocycles. The maximum atomic E-state index is 13.8. The summed E-state index contributed by atoms with van der Waals surface area (Å²) in [5.74, 6) is 5.04. The third-order valence-electron chi connectivity index (χ3n) is 15.4. The van der Waals surface area contributed by atoms with Gasteiger partial charge in [-0.25, -0.2) is 4.79 Å². The SMILES string of the molecule is CC(C)CC[C@@H]1C[C@@]2(O)[C@H](CC[C@@]34CCC#Cc5ccccc5C[C@@H](NCO)[C@H]5C[C@@H](C[C@@]32O)[C@@H]4C2=CC(=O)O[C@H]25)[C@]2(C=O)CC[C@H](O)C[C@@]12O. The normalized spacial score (nSPS) is 46.7. The number of hydrogen-bond acceptors (Lipinski definition) is 9. The molecular formula is C42H55NO8. The van der Waals surface area contributed by atoms with Gasteiger partial charge in [-0.3, -0.25) is 5.32 Å². The second-order valence-electron chi connectivity index (χ2n) is 17.9. The Balaban J connectivity index is 1.30. The van der Waals surface area contributed by atoms with Gasteiger partial charge in [-0.15, -0.1) is 0 Å². The van der Waals surface area contributed by atoms with Crippen LogP contribution < -0.4 is 5.32 Å². The molecule has 1 spiro atoms. The number of esters is 1. The van der Waals surface area contributed by atoms with E-state index in [1.54, 1.807) is 6.08 Å². The second kappa shape index (κ2) is 12.5. The van der Waals surface area contributed by atoms with Crippen LogP contribution in [0.3, 0.4) is 0 Å². The first-order chi connectivity index (χ1) is 24.4. The fraction of sp³-hybridized carbons (Fsp3) is 0.714. The Bertz CT molecular complexity index is 1660. The summed E-state index contributed by atoms with van der Waals surface area (Å²) in [6, 6.07) is 7.78. The van der Waals surface area contributed by atoms with E-state index < -0.39 is 57.6 Å². The summed E-state index contributed by atoms with van der Waals surface area (Å²) >= 11 is 0. The molecule has 8 rings (SSSR count). The van der Waals surface area contributed by atoms with Crippen molar-refractivity contribution in [2.24, 2.45) is 46.3 Å². The molecule has 0 amide bonds. The van der Waals surface area contributed by atoms with E-state index in [9.17, 15) is 35.1 Å². The number of ether oxygens (including phenoxy) is 1. The molecule has 9 nitrogen and oxygen atoms in total. The van der Waals surface area contributed by atoms with Crippen LogP contribution >= 0.6 is 0 Å². The molecule has 0 radical (unpaired) electrons. The molecule has 0 unspecified atom stereocenters. The van der Waals surface area contributed by atoms with Crippen molar-refractivity contribution in [3.05, 3.63) is 47.0 Å². The predicted molar refractivity (Wildman–Crippen MR) is 188 cm³/mol. The van der Waals surface area contributed by atoms with E-state index in [1.165, 1.54) is 0 Å². The first-order valence-corrected chi connectivity index (χ1v) is 19.5. The van der Waals surface area contributed by atoms with Crippen molar-refractivity contribution in [3.63, 3.8) is 0 Å². The molecule has 1 aromatic rings. The van der Waals surface area contributed by atoms with E-state index in [0.29, 0.717) is 63.7 Å². The third kappa shape index (κ3) is 4.89. The fourth-order valence-corrected chi connectivity index (χ4v) is 13.4. The maximum absolute atomic E-state index is 13.8. The summed E-state index contributed by atoms with van der Waals surface area (Å²) in [6.07, 6.45) is 6.82. The molecule has 13 atom stereocenters. The van der Waals surface area contributed by atoms with E-state index in [-0.39, 0.29) is 49.8 Å². The van der Waals surface area contributed by atoms with Gasteiger partial charge in [0, 0.05) is 47.8 Å². The molecule has 6 N–H and O–H groups in total. The van der Waals surface area contributed by atoms with Gasteiger partial charge in [0.25, 0.3) is 0 Å². The molecule has 1 aromatic carbocycles. The number of carbonyl (C=O) groups is 2. The minimum Gasteiger partial charge on any atom is -0.454 e. The standard InChI is InChI=1S/C42H55NO8/c1-25(2)10-11-29-21-41(49)34(39(23-44)15-12-30(46)22-40(29,39)48)13-16-38-14-6-5-8-26-7-3-4-9-27(26)18-33(43-24-45)31-17-28(20-42(38,41)50)36(38)32-19-35(47)51-37(31)32/h3-4,7,9,19,23,25,28-31,33-34,36-37,43,45-46,48-50H,6,10-18,20-22,24H2,1-2H3/t28-,29+,30-,31+,33+,34+,36+,37-,38+,39+,40+,41+,42+/m0/s1. The number of aliphatic hydroxyl groups is 5. The van der Waals surface area contributed by atoms with Crippen molar-refractivity contribution in [2.45, 2.75) is 132 Å². The van der Waals surface area contributed by atoms with E-state index in [1.807, 2.05) is 18.2 Å². The van der Waals surface area contributed by atoms with Gasteiger partial charge in [-0.05, 0) is 105 Å². The number of hydrogen-bond donors (Lipinski definition) is 6. The van der Waals surface area contributed by atoms with Crippen molar-refractivity contribution in [2.75, 3.05) is 6.73 Å². The summed E-state index contributed by atoms with van der Waals surface area (Å²) in [7, 11) is 0. The van der Waals surface area contributed by atoms with Gasteiger partial charge in [0.2, 0.25) is 0 Å². The molecule has 5 fully saturated rings. The quantitative estimate of drug-likeness (QED) is 0.113. The van der Waals surface area contributed by atoms with Crippen LogP contribution in [0.25, 0.3) is 0 Å². The van der Waals surface area contributed by atoms with Crippen LogP contribution in [0.1, 0.15) is 102 Å². The highest BCUT2D eigenvalue weighted by atomic mass is 16.5. The summed E-state index contributed by atoms with van der Waals surface area (Å²) in [6.45, 7) is 3.99. The molecule has 5 saturated carbocycles. The number of rotatable bonds is 6. The number of aldehydes is 1. The van der Waals surface area contributed by atoms with Gasteiger partial charge in [-0.1, -0.05) is 50.3 Å². The fourth-order valence-electron chi connectivity index (χ4n) is 13.4. The Kier molecular flexibility index (Phi) is 8.69. The minimum absolute atomic E-state index is 0.0852. The molecule has 6 aliphatic carbocycles. The van der Waals surface area contributed by atoms with Crippen LogP contribution in [0, 0.1) is 58.2 Å². The Morgan fingerprint density at radius 3 is 2.63 bits per heavy atom. The summed E-state index contributed by atoms with van der Waals surface area (Å²) in [4.78, 5) is 26.8. The average molecular weight is 702 g/mol. The van der Waals surface area contributed by atoms with E-state index in [0.717, 1.165) is 29.4 Å². The van der Waals surface area contributed by atoms with Gasteiger partial charge in [0.05, 0.1) is 29.5 Å². The molecule has 51 heavy (non-hydrogen) atoms. The van der Waals surface area contributed by atoms with Crippen molar-refractivity contribution >= 4 is 12.3 Å². The molecule has 9 heteroatoms. The van der Waals surface area contributed by atoms with Gasteiger partial charge < -0.3 is 35.1 Å². The number of carbonyl (C=O) groups excluding carboxylic acids is 2. The molecule has 7 aliphatic rings. The Hall–Kier alpha value is -2.58. The zero-order valence-electron chi connectivity index (χ0n) is 30.0. The highest BCUT2D eigenvalue weighted by molar-refractivity contribution is 5.86. The first kappa shape index (κ1) is 35.4. The highest BCUT2D eigenvalue weighted by Crippen LogP contribution is 2.76. The van der Waals surface area contributed by atoms with Crippen LogP contribution in [-0.4, -0.2) is 79.6 Å². The zero-order valence-corrected chi connectivity index (χ0v) is 30.0. The monoisotopic (exact) mass is 701 g/mol. The van der Waals surface area contributed by atoms with Crippen LogP contribution in [0.15, 0.2) is 35.9 Å². The van der Waals surface area contributed by atoms with Crippen LogP contribution in [0.5, 0.6) is 0 Å². The molecular weight excluding hydrogens is 646 g/mol. The first-order valence-electron chi connectivity index (χ1n) is 19.5. The van der Waals surface area contributed by atoms with Crippen molar-refractivity contribution in [3.8, 4) is 11.8 Å². The summed E-state index contributed by atoms with van der Waals surface area (Å²) in [5.41, 5.74) is -4.17. The third-order valence-corrected chi connectivity index (χ3v) is 15.4. The zero-order chi connectivity index (χ0) is 36.0. The minimum atomic E-state index is -1.70. The van der Waals surface area contributed by atoms with Gasteiger partial charge >= 0.3 is 5.97 Å². The van der Waals surface area contributed by atoms with Crippen LogP contribution in [0.2, 0.25) is 0 Å². The number of aliphatic hydroxyl groups excluding tert-OH is 2. The van der Waals surface area contributed by atoms with Crippen molar-refractivity contribution < 1.29 is 39.9 Å². The van der Waals surface area contributed by atoms with Gasteiger partial charge in [-0.2, -0.15) is 0 Å². The Labute approximate surface area is 301 Å². The molecule has 276 valence electrons. The topological polar surface area (TPSA) is 157 Å². The molecule has 1 aliphatic heterocycles. The van der Waals surface area contributed by atoms with E-state index in [2.05, 4.69) is 37.1 Å². The van der Waals surface area contributed by atoms with Gasteiger partial charge in [0.15, 0.2) is 0 Å². The molecule has 0 aromatic heterocycles. The van der Waals surface area contributed by atoms with Crippen molar-refractivity contribution in [1.29, 1.82) is 0 Å². The lowest BCUT2D eigenvalue weighted by Crippen LogP contribution is -2.79. The summed E-state index contributed by atoms with van der Waals surface area (Å²) in [5, 5.41) is 64.5. The lowest BCUT2D eigenvalue weighted by Gasteiger charge is -2.71. The highest BCUT2D eigenvalue weighted by Gasteiger charge is 2.81. The predicted octanol–water partition coefficient (Wildman–Crippen LogP) is 3.57. The smallest absolute Gasteiger partial charge is 0.331 e. The number of fused-ring (bicyclic) bond motifs is 8. The average Bonchev–Trinajstić information content (AvgIpc) is 3.60. The number of nitrogens with one attached hydrogen (secondary N) is 1. The lowest BCUT2D eigenvalue weighted by molar-refractivity contribution is -0.334. The second-order valence-corrected chi connectivity index (χ2v) is 17.9. The van der Waals surface area contributed by atoms with Crippen molar-refractivity contribution in [1.82, 2.24) is 5.32 Å².